The molecule has 0 atom stereocenters. The van der Waals surface area contributed by atoms with E-state index in [1.807, 2.05) is 19.1 Å². The normalized spacial score (nSPS) is 14.7. The lowest BCUT2D eigenvalue weighted by molar-refractivity contribution is -0.117. The van der Waals surface area contributed by atoms with Gasteiger partial charge in [0.1, 0.15) is 12.8 Å². The Balaban J connectivity index is 1.65. The lowest BCUT2D eigenvalue weighted by Crippen LogP contribution is -2.45. The Bertz CT molecular complexity index is 740. The van der Waals surface area contributed by atoms with Crippen LogP contribution in [-0.2, 0) is 9.53 Å². The van der Waals surface area contributed by atoms with Gasteiger partial charge >= 0.3 is 0 Å². The molecule has 8 nitrogen and oxygen atoms in total. The van der Waals surface area contributed by atoms with Crippen LogP contribution in [-0.4, -0.2) is 72.7 Å². The monoisotopic (exact) mass is 372 g/mol. The Labute approximate surface area is 158 Å². The van der Waals surface area contributed by atoms with E-state index in [1.54, 1.807) is 23.1 Å². The van der Waals surface area contributed by atoms with Gasteiger partial charge in [0.15, 0.2) is 5.82 Å². The van der Waals surface area contributed by atoms with Gasteiger partial charge in [-0.2, -0.15) is 0 Å². The largest absolute Gasteiger partial charge is 0.379 e. The number of aromatic nitrogens is 1. The molecular weight excluding hydrogens is 348 g/mol. The number of morpholine rings is 1. The summed E-state index contributed by atoms with van der Waals surface area (Å²) in [4.78, 5) is 29.1. The van der Waals surface area contributed by atoms with Crippen molar-refractivity contribution in [1.29, 1.82) is 0 Å². The molecule has 1 aromatic carbocycles. The summed E-state index contributed by atoms with van der Waals surface area (Å²) in [5.41, 5.74) is 1.65. The fourth-order valence-electron chi connectivity index (χ4n) is 2.85. The predicted octanol–water partition coefficient (Wildman–Crippen LogP) is 1.40. The molecule has 1 fully saturated rings. The summed E-state index contributed by atoms with van der Waals surface area (Å²) in [7, 11) is 0. The predicted molar refractivity (Wildman–Crippen MR) is 99.5 cm³/mol. The molecule has 0 bridgehead atoms. The number of nitrogens with zero attached hydrogens (tertiary/aromatic N) is 3. The minimum Gasteiger partial charge on any atom is -0.379 e. The van der Waals surface area contributed by atoms with Gasteiger partial charge in [-0.05, 0) is 19.1 Å². The number of anilines is 1. The number of aryl methyl sites for hydroxylation is 1. The molecule has 3 rings (SSSR count). The molecule has 0 radical (unpaired) electrons. The van der Waals surface area contributed by atoms with Gasteiger partial charge in [-0.1, -0.05) is 22.9 Å². The van der Waals surface area contributed by atoms with Gasteiger partial charge < -0.3 is 19.5 Å². The maximum atomic E-state index is 12.9. The maximum absolute atomic E-state index is 12.9. The van der Waals surface area contributed by atoms with E-state index in [9.17, 15) is 9.59 Å². The summed E-state index contributed by atoms with van der Waals surface area (Å²) in [6, 6.07) is 8.91. The van der Waals surface area contributed by atoms with Crippen LogP contribution in [0.2, 0.25) is 0 Å². The van der Waals surface area contributed by atoms with Crippen LogP contribution in [0.3, 0.4) is 0 Å². The highest BCUT2D eigenvalue weighted by Crippen LogP contribution is 2.09. The summed E-state index contributed by atoms with van der Waals surface area (Å²) in [5.74, 6) is -0.152. The van der Waals surface area contributed by atoms with Crippen LogP contribution in [0.4, 0.5) is 5.82 Å². The first-order valence-electron chi connectivity index (χ1n) is 8.98. The highest BCUT2D eigenvalue weighted by atomic mass is 16.5. The third-order valence-electron chi connectivity index (χ3n) is 4.42. The molecule has 1 aliphatic heterocycles. The molecule has 27 heavy (non-hydrogen) atoms. The van der Waals surface area contributed by atoms with Crippen molar-refractivity contribution in [3.63, 3.8) is 0 Å². The highest BCUT2D eigenvalue weighted by Gasteiger charge is 2.21. The minimum atomic E-state index is -0.314. The number of carbonyl (C=O) groups is 2. The third-order valence-corrected chi connectivity index (χ3v) is 4.42. The molecule has 1 aromatic heterocycles. The molecule has 2 amide bonds. The number of hydrogen-bond acceptors (Lipinski definition) is 6. The van der Waals surface area contributed by atoms with Crippen molar-refractivity contribution in [1.82, 2.24) is 15.0 Å². The topological polar surface area (TPSA) is 87.9 Å². The van der Waals surface area contributed by atoms with Crippen molar-refractivity contribution >= 4 is 17.6 Å². The molecule has 0 aliphatic carbocycles. The average molecular weight is 372 g/mol. The van der Waals surface area contributed by atoms with Crippen LogP contribution < -0.4 is 5.32 Å². The SMILES string of the molecule is Cc1ccc(C(=O)N(CCN2CCOCC2)CC(=O)Nc2ccon2)cc1. The van der Waals surface area contributed by atoms with E-state index < -0.39 is 0 Å². The molecule has 1 aliphatic rings. The molecule has 0 saturated carbocycles. The lowest BCUT2D eigenvalue weighted by Gasteiger charge is -2.30. The van der Waals surface area contributed by atoms with E-state index in [0.29, 0.717) is 37.7 Å². The highest BCUT2D eigenvalue weighted by molar-refractivity contribution is 5.99. The summed E-state index contributed by atoms with van der Waals surface area (Å²) >= 11 is 0. The van der Waals surface area contributed by atoms with Gasteiger partial charge in [0.05, 0.1) is 13.2 Å². The van der Waals surface area contributed by atoms with Crippen LogP contribution in [0.15, 0.2) is 41.1 Å². The second-order valence-corrected chi connectivity index (χ2v) is 6.48. The van der Waals surface area contributed by atoms with Crippen molar-refractivity contribution in [3.05, 3.63) is 47.7 Å². The Morgan fingerprint density at radius 1 is 1.19 bits per heavy atom. The zero-order chi connectivity index (χ0) is 19.1. The summed E-state index contributed by atoms with van der Waals surface area (Å²) < 4.78 is 10.1. The number of carbonyl (C=O) groups excluding carboxylic acids is 2. The Hall–Kier alpha value is -2.71. The third kappa shape index (κ3) is 5.63. The fraction of sp³-hybridized carbons (Fsp3) is 0.421. The standard InChI is InChI=1S/C19H24N4O4/c1-15-2-4-16(5-3-15)19(25)23(8-7-22-9-12-26-13-10-22)14-18(24)20-17-6-11-27-21-17/h2-6,11H,7-10,12-14H2,1H3,(H,20,21,24). The molecule has 8 heteroatoms. The first-order chi connectivity index (χ1) is 13.1. The average Bonchev–Trinajstić information content (AvgIpc) is 3.19. The minimum absolute atomic E-state index is 0.0517. The molecule has 2 heterocycles. The van der Waals surface area contributed by atoms with Crippen LogP contribution in [0, 0.1) is 6.92 Å². The van der Waals surface area contributed by atoms with Crippen LogP contribution in [0.25, 0.3) is 0 Å². The smallest absolute Gasteiger partial charge is 0.254 e. The molecule has 0 unspecified atom stereocenters. The number of rotatable bonds is 7. The number of benzene rings is 1. The van der Waals surface area contributed by atoms with E-state index in [0.717, 1.165) is 18.7 Å². The van der Waals surface area contributed by atoms with E-state index >= 15 is 0 Å². The van der Waals surface area contributed by atoms with Gasteiger partial charge in [0.2, 0.25) is 5.91 Å². The van der Waals surface area contributed by atoms with Crippen LogP contribution in [0.5, 0.6) is 0 Å². The van der Waals surface area contributed by atoms with Gasteiger partial charge in [0.25, 0.3) is 5.91 Å². The Kier molecular flexibility index (Phi) is 6.56. The summed E-state index contributed by atoms with van der Waals surface area (Å²) in [5, 5.41) is 6.30. The van der Waals surface area contributed by atoms with E-state index in [2.05, 4.69) is 15.4 Å². The zero-order valence-corrected chi connectivity index (χ0v) is 15.4. The Morgan fingerprint density at radius 2 is 1.93 bits per heavy atom. The van der Waals surface area contributed by atoms with Gasteiger partial charge in [-0.25, -0.2) is 0 Å². The first-order valence-corrected chi connectivity index (χ1v) is 8.98. The van der Waals surface area contributed by atoms with Gasteiger partial charge in [-0.3, -0.25) is 14.5 Å². The molecule has 144 valence electrons. The molecular formula is C19H24N4O4. The van der Waals surface area contributed by atoms with Gasteiger partial charge in [-0.15, -0.1) is 0 Å². The molecule has 1 saturated heterocycles. The second-order valence-electron chi connectivity index (χ2n) is 6.48. The number of hydrogen-bond donors (Lipinski definition) is 1. The van der Waals surface area contributed by atoms with Crippen molar-refractivity contribution in [3.8, 4) is 0 Å². The quantitative estimate of drug-likeness (QED) is 0.790. The number of amides is 2. The second kappa shape index (κ2) is 9.29. The molecule has 2 aromatic rings. The van der Waals surface area contributed by atoms with E-state index in [4.69, 9.17) is 9.26 Å². The first kappa shape index (κ1) is 19.1. The number of nitrogens with one attached hydrogen (secondary N) is 1. The summed E-state index contributed by atoms with van der Waals surface area (Å²) in [6.45, 7) is 6.11. The van der Waals surface area contributed by atoms with E-state index in [1.165, 1.54) is 6.26 Å². The molecule has 1 N–H and O–H groups in total. The zero-order valence-electron chi connectivity index (χ0n) is 15.4. The summed E-state index contributed by atoms with van der Waals surface area (Å²) in [6.07, 6.45) is 1.38. The van der Waals surface area contributed by atoms with Crippen molar-refractivity contribution in [2.45, 2.75) is 6.92 Å². The van der Waals surface area contributed by atoms with Crippen molar-refractivity contribution < 1.29 is 18.8 Å². The Morgan fingerprint density at radius 3 is 2.59 bits per heavy atom. The maximum Gasteiger partial charge on any atom is 0.254 e. The molecule has 0 spiro atoms. The lowest BCUT2D eigenvalue weighted by atomic mass is 10.1. The van der Waals surface area contributed by atoms with E-state index in [-0.39, 0.29) is 18.4 Å². The fourth-order valence-corrected chi connectivity index (χ4v) is 2.85. The van der Waals surface area contributed by atoms with Crippen molar-refractivity contribution in [2.75, 3.05) is 51.3 Å². The van der Waals surface area contributed by atoms with Crippen LogP contribution >= 0.6 is 0 Å². The van der Waals surface area contributed by atoms with Crippen LogP contribution in [0.1, 0.15) is 15.9 Å². The van der Waals surface area contributed by atoms with Gasteiger partial charge in [0, 0.05) is 37.8 Å². The van der Waals surface area contributed by atoms with Crippen molar-refractivity contribution in [2.24, 2.45) is 0 Å². The number of ether oxygens (including phenoxy) is 1.